The summed E-state index contributed by atoms with van der Waals surface area (Å²) in [6.07, 6.45) is 3.26. The number of nitrogens with one attached hydrogen (secondary N) is 1. The molecule has 2 aliphatic rings. The Labute approximate surface area is 189 Å². The molecule has 0 spiro atoms. The van der Waals surface area contributed by atoms with Crippen molar-refractivity contribution in [3.05, 3.63) is 89.0 Å². The lowest BCUT2D eigenvalue weighted by Crippen LogP contribution is -2.42. The SMILES string of the molecule is O=C1c2ccccc2C(=O)N1CCN(CCN1C(=O)c2ccccc2C1=O)Cc1cnc[nH]1. The number of nitrogens with zero attached hydrogens (tertiary/aromatic N) is 4. The third kappa shape index (κ3) is 3.72. The van der Waals surface area contributed by atoms with Crippen molar-refractivity contribution in [2.45, 2.75) is 6.54 Å². The molecule has 1 aromatic heterocycles. The second-order valence-electron chi connectivity index (χ2n) is 7.97. The standard InChI is InChI=1S/C24H21N5O4/c30-21-17-5-1-2-6-18(17)22(31)28(21)11-9-27(14-16-13-25-15-26-16)10-12-29-23(32)19-7-3-4-8-20(19)24(29)33/h1-8,13,15H,9-12,14H2,(H,25,26). The summed E-state index contributed by atoms with van der Waals surface area (Å²) in [5.74, 6) is -1.23. The van der Waals surface area contributed by atoms with Gasteiger partial charge >= 0.3 is 0 Å². The van der Waals surface area contributed by atoms with E-state index >= 15 is 0 Å². The third-order valence-corrected chi connectivity index (χ3v) is 5.98. The first-order chi connectivity index (χ1) is 16.0. The zero-order valence-electron chi connectivity index (χ0n) is 17.7. The Morgan fingerprint density at radius 3 is 1.48 bits per heavy atom. The highest BCUT2D eigenvalue weighted by Gasteiger charge is 2.36. The van der Waals surface area contributed by atoms with Crippen LogP contribution >= 0.6 is 0 Å². The molecule has 0 saturated heterocycles. The maximum absolute atomic E-state index is 12.7. The van der Waals surface area contributed by atoms with Gasteiger partial charge in [-0.15, -0.1) is 0 Å². The van der Waals surface area contributed by atoms with Crippen molar-refractivity contribution in [1.29, 1.82) is 0 Å². The number of carbonyl (C=O) groups is 4. The maximum atomic E-state index is 12.7. The van der Waals surface area contributed by atoms with Crippen LogP contribution in [0.5, 0.6) is 0 Å². The first-order valence-electron chi connectivity index (χ1n) is 10.6. The van der Waals surface area contributed by atoms with E-state index in [1.165, 1.54) is 9.80 Å². The molecule has 2 aliphatic heterocycles. The van der Waals surface area contributed by atoms with Crippen LogP contribution in [0.25, 0.3) is 0 Å². The number of H-pyrrole nitrogens is 1. The van der Waals surface area contributed by atoms with Crippen LogP contribution in [-0.2, 0) is 6.54 Å². The predicted octanol–water partition coefficient (Wildman–Crippen LogP) is 1.80. The van der Waals surface area contributed by atoms with Crippen molar-refractivity contribution in [3.8, 4) is 0 Å². The molecule has 0 atom stereocenters. The van der Waals surface area contributed by atoms with Crippen molar-refractivity contribution in [1.82, 2.24) is 24.7 Å². The minimum atomic E-state index is -0.308. The molecule has 9 heteroatoms. The molecule has 3 heterocycles. The van der Waals surface area contributed by atoms with Gasteiger partial charge in [0.15, 0.2) is 0 Å². The van der Waals surface area contributed by atoms with E-state index in [0.29, 0.717) is 41.9 Å². The normalized spacial score (nSPS) is 15.1. The Bertz CT molecular complexity index is 1100. The fourth-order valence-electron chi connectivity index (χ4n) is 4.25. The molecule has 4 amide bonds. The molecule has 0 aliphatic carbocycles. The van der Waals surface area contributed by atoms with Crippen molar-refractivity contribution in [3.63, 3.8) is 0 Å². The van der Waals surface area contributed by atoms with Gasteiger partial charge in [0.25, 0.3) is 23.6 Å². The van der Waals surface area contributed by atoms with Crippen molar-refractivity contribution < 1.29 is 19.2 Å². The molecule has 2 aromatic carbocycles. The number of imidazole rings is 1. The van der Waals surface area contributed by atoms with E-state index in [9.17, 15) is 19.2 Å². The zero-order chi connectivity index (χ0) is 22.9. The minimum Gasteiger partial charge on any atom is -0.347 e. The summed E-state index contributed by atoms with van der Waals surface area (Å²) in [4.78, 5) is 62.3. The van der Waals surface area contributed by atoms with Gasteiger partial charge in [-0.3, -0.25) is 33.9 Å². The highest BCUT2D eigenvalue weighted by Crippen LogP contribution is 2.23. The maximum Gasteiger partial charge on any atom is 0.261 e. The van der Waals surface area contributed by atoms with E-state index in [1.807, 2.05) is 4.90 Å². The van der Waals surface area contributed by atoms with Gasteiger partial charge in [0.05, 0.1) is 28.6 Å². The predicted molar refractivity (Wildman–Crippen MR) is 117 cm³/mol. The zero-order valence-corrected chi connectivity index (χ0v) is 17.7. The summed E-state index contributed by atoms with van der Waals surface area (Å²) >= 11 is 0. The van der Waals surface area contributed by atoms with Gasteiger partial charge in [0, 0.05) is 44.6 Å². The van der Waals surface area contributed by atoms with Crippen LogP contribution in [0.4, 0.5) is 0 Å². The van der Waals surface area contributed by atoms with Crippen molar-refractivity contribution >= 4 is 23.6 Å². The third-order valence-electron chi connectivity index (χ3n) is 5.98. The van der Waals surface area contributed by atoms with Gasteiger partial charge in [-0.25, -0.2) is 4.98 Å². The van der Waals surface area contributed by atoms with Crippen LogP contribution in [0, 0.1) is 0 Å². The lowest BCUT2D eigenvalue weighted by molar-refractivity contribution is 0.0618. The van der Waals surface area contributed by atoms with Gasteiger partial charge in [-0.2, -0.15) is 0 Å². The van der Waals surface area contributed by atoms with Gasteiger partial charge < -0.3 is 4.98 Å². The van der Waals surface area contributed by atoms with Crippen LogP contribution in [0.1, 0.15) is 47.1 Å². The van der Waals surface area contributed by atoms with Crippen LogP contribution in [0.3, 0.4) is 0 Å². The Balaban J connectivity index is 1.27. The number of aromatic amines is 1. The molecule has 9 nitrogen and oxygen atoms in total. The van der Waals surface area contributed by atoms with Gasteiger partial charge in [0.2, 0.25) is 0 Å². The van der Waals surface area contributed by atoms with Crippen LogP contribution in [-0.4, -0.2) is 74.5 Å². The molecule has 1 N–H and O–H groups in total. The summed E-state index contributed by atoms with van der Waals surface area (Å²) < 4.78 is 0. The molecule has 0 fully saturated rings. The number of imide groups is 2. The van der Waals surface area contributed by atoms with Crippen LogP contribution < -0.4 is 0 Å². The summed E-state index contributed by atoms with van der Waals surface area (Å²) in [6.45, 7) is 1.62. The summed E-state index contributed by atoms with van der Waals surface area (Å²) in [5, 5.41) is 0. The van der Waals surface area contributed by atoms with E-state index in [1.54, 1.807) is 61.1 Å². The molecule has 0 radical (unpaired) electrons. The second kappa shape index (κ2) is 8.44. The molecule has 5 rings (SSSR count). The van der Waals surface area contributed by atoms with Crippen LogP contribution in [0.2, 0.25) is 0 Å². The van der Waals surface area contributed by atoms with E-state index < -0.39 is 0 Å². The average molecular weight is 443 g/mol. The number of amides is 4. The molecule has 0 unspecified atom stereocenters. The Kier molecular flexibility index (Phi) is 5.31. The highest BCUT2D eigenvalue weighted by molar-refractivity contribution is 6.22. The molecule has 166 valence electrons. The molecule has 0 bridgehead atoms. The summed E-state index contributed by atoms with van der Waals surface area (Å²) in [5.41, 5.74) is 2.49. The number of hydrogen-bond donors (Lipinski definition) is 1. The van der Waals surface area contributed by atoms with Gasteiger partial charge in [-0.1, -0.05) is 24.3 Å². The number of rotatable bonds is 8. The van der Waals surface area contributed by atoms with Crippen molar-refractivity contribution in [2.75, 3.05) is 26.2 Å². The molecule has 0 saturated carbocycles. The average Bonchev–Trinajstić information content (AvgIpc) is 3.50. The molecule has 3 aromatic rings. The highest BCUT2D eigenvalue weighted by atomic mass is 16.2. The fourth-order valence-corrected chi connectivity index (χ4v) is 4.25. The summed E-state index contributed by atoms with van der Waals surface area (Å²) in [7, 11) is 0. The smallest absolute Gasteiger partial charge is 0.261 e. The monoisotopic (exact) mass is 443 g/mol. The van der Waals surface area contributed by atoms with E-state index in [0.717, 1.165) is 5.69 Å². The number of benzene rings is 2. The summed E-state index contributed by atoms with van der Waals surface area (Å²) in [6, 6.07) is 13.6. The Hall–Kier alpha value is -4.11. The largest absolute Gasteiger partial charge is 0.347 e. The van der Waals surface area contributed by atoms with Gasteiger partial charge in [0.1, 0.15) is 0 Å². The van der Waals surface area contributed by atoms with Crippen molar-refractivity contribution in [2.24, 2.45) is 0 Å². The van der Waals surface area contributed by atoms with E-state index in [2.05, 4.69) is 9.97 Å². The van der Waals surface area contributed by atoms with E-state index in [-0.39, 0.29) is 36.7 Å². The second-order valence-corrected chi connectivity index (χ2v) is 7.97. The first kappa shape index (κ1) is 20.8. The molecular formula is C24H21N5O4. The number of aromatic nitrogens is 2. The van der Waals surface area contributed by atoms with E-state index in [4.69, 9.17) is 0 Å². The minimum absolute atomic E-state index is 0.197. The van der Waals surface area contributed by atoms with Crippen LogP contribution in [0.15, 0.2) is 61.1 Å². The quantitative estimate of drug-likeness (QED) is 0.532. The lowest BCUT2D eigenvalue weighted by atomic mass is 10.1. The number of fused-ring (bicyclic) bond motifs is 2. The first-order valence-corrected chi connectivity index (χ1v) is 10.6. The lowest BCUT2D eigenvalue weighted by Gasteiger charge is -2.26. The van der Waals surface area contributed by atoms with Gasteiger partial charge in [-0.05, 0) is 24.3 Å². The molecular weight excluding hydrogens is 422 g/mol. The topological polar surface area (TPSA) is 107 Å². The number of carbonyl (C=O) groups excluding carboxylic acids is 4. The fraction of sp³-hybridized carbons (Fsp3) is 0.208. The Morgan fingerprint density at radius 2 is 1.12 bits per heavy atom. The number of hydrogen-bond acceptors (Lipinski definition) is 6. The molecule has 33 heavy (non-hydrogen) atoms. The Morgan fingerprint density at radius 1 is 0.697 bits per heavy atom.